The normalized spacial score (nSPS) is 18.2. The molecule has 1 aliphatic heterocycles. The largest absolute Gasteiger partial charge is 0.320 e. The summed E-state index contributed by atoms with van der Waals surface area (Å²) in [6, 6.07) is -0.482. The number of nitrogens with one attached hydrogen (secondary N) is 1. The van der Waals surface area contributed by atoms with Crippen LogP contribution >= 0.6 is 11.3 Å². The van der Waals surface area contributed by atoms with Gasteiger partial charge >= 0.3 is 0 Å². The highest BCUT2D eigenvalue weighted by atomic mass is 32.1. The number of hydrogen-bond acceptors (Lipinski definition) is 5. The van der Waals surface area contributed by atoms with Crippen LogP contribution in [0.1, 0.15) is 38.8 Å². The fourth-order valence-corrected chi connectivity index (χ4v) is 2.98. The first-order valence-electron chi connectivity index (χ1n) is 7.29. The minimum absolute atomic E-state index is 0.128. The van der Waals surface area contributed by atoms with E-state index < -0.39 is 6.04 Å². The van der Waals surface area contributed by atoms with Crippen molar-refractivity contribution in [3.8, 4) is 0 Å². The first kappa shape index (κ1) is 15.4. The summed E-state index contributed by atoms with van der Waals surface area (Å²) in [6.07, 6.45) is 3.88. The quantitative estimate of drug-likeness (QED) is 0.872. The molecule has 1 fully saturated rings. The number of likely N-dealkylation sites (tertiary alicyclic amines) is 1. The number of hydrogen-bond donors (Lipinski definition) is 2. The van der Waals surface area contributed by atoms with E-state index in [0.717, 1.165) is 25.3 Å². The van der Waals surface area contributed by atoms with Crippen molar-refractivity contribution in [3.05, 3.63) is 11.1 Å². The molecule has 1 saturated heterocycles. The van der Waals surface area contributed by atoms with Gasteiger partial charge in [-0.2, -0.15) is 0 Å². The van der Waals surface area contributed by atoms with Crippen LogP contribution in [0.4, 0.5) is 5.13 Å². The van der Waals surface area contributed by atoms with Gasteiger partial charge in [0, 0.05) is 11.9 Å². The van der Waals surface area contributed by atoms with Crippen molar-refractivity contribution in [2.24, 2.45) is 11.7 Å². The molecular weight excluding hydrogens is 272 g/mol. The Morgan fingerprint density at radius 3 is 2.80 bits per heavy atom. The van der Waals surface area contributed by atoms with Gasteiger partial charge in [-0.05, 0) is 31.8 Å². The second kappa shape index (κ2) is 7.15. The SMILES string of the molecule is CC(C)[C@H](N)C(=O)Nc1nc(CN2CCCCC2)cs1. The summed E-state index contributed by atoms with van der Waals surface area (Å²) < 4.78 is 0. The molecule has 2 rings (SSSR count). The topological polar surface area (TPSA) is 71.2 Å². The van der Waals surface area contributed by atoms with Crippen molar-refractivity contribution in [1.29, 1.82) is 0 Å². The van der Waals surface area contributed by atoms with Crippen LogP contribution in [-0.4, -0.2) is 34.9 Å². The Bertz CT molecular complexity index is 440. The highest BCUT2D eigenvalue weighted by molar-refractivity contribution is 7.13. The van der Waals surface area contributed by atoms with Crippen LogP contribution < -0.4 is 11.1 Å². The molecule has 0 spiro atoms. The van der Waals surface area contributed by atoms with Crippen LogP contribution in [0.2, 0.25) is 0 Å². The second-order valence-corrected chi connectivity index (χ2v) is 6.60. The van der Waals surface area contributed by atoms with E-state index in [9.17, 15) is 4.79 Å². The van der Waals surface area contributed by atoms with Gasteiger partial charge in [-0.3, -0.25) is 9.69 Å². The molecule has 0 unspecified atom stereocenters. The third-order valence-electron chi connectivity index (χ3n) is 3.64. The summed E-state index contributed by atoms with van der Waals surface area (Å²) in [5, 5.41) is 5.48. The standard InChI is InChI=1S/C14H24N4OS/c1-10(2)12(15)13(19)17-14-16-11(9-20-14)8-18-6-4-3-5-7-18/h9-10,12H,3-8,15H2,1-2H3,(H,16,17,19)/t12-/m0/s1. The maximum atomic E-state index is 11.9. The molecule has 0 saturated carbocycles. The predicted molar refractivity (Wildman–Crippen MR) is 82.7 cm³/mol. The predicted octanol–water partition coefficient (Wildman–Crippen LogP) is 2.05. The van der Waals surface area contributed by atoms with Gasteiger partial charge in [-0.25, -0.2) is 4.98 Å². The Kier molecular flexibility index (Phi) is 5.51. The number of carbonyl (C=O) groups is 1. The molecule has 1 aliphatic rings. The number of piperidine rings is 1. The van der Waals surface area contributed by atoms with Gasteiger partial charge in [0.25, 0.3) is 0 Å². The summed E-state index contributed by atoms with van der Waals surface area (Å²) >= 11 is 1.47. The monoisotopic (exact) mass is 296 g/mol. The zero-order chi connectivity index (χ0) is 14.5. The molecule has 5 nitrogen and oxygen atoms in total. The molecule has 1 aromatic rings. The van der Waals surface area contributed by atoms with Crippen LogP contribution in [-0.2, 0) is 11.3 Å². The van der Waals surface area contributed by atoms with Crippen molar-refractivity contribution in [1.82, 2.24) is 9.88 Å². The maximum absolute atomic E-state index is 11.9. The van der Waals surface area contributed by atoms with Gasteiger partial charge in [-0.15, -0.1) is 11.3 Å². The zero-order valence-electron chi connectivity index (χ0n) is 12.3. The molecule has 6 heteroatoms. The van der Waals surface area contributed by atoms with Crippen LogP contribution in [0, 0.1) is 5.92 Å². The number of nitrogens with two attached hydrogens (primary N) is 1. The number of rotatable bonds is 5. The Labute approximate surface area is 124 Å². The lowest BCUT2D eigenvalue weighted by Crippen LogP contribution is -2.39. The highest BCUT2D eigenvalue weighted by Crippen LogP contribution is 2.19. The molecule has 20 heavy (non-hydrogen) atoms. The number of amides is 1. The van der Waals surface area contributed by atoms with Gasteiger partial charge in [0.1, 0.15) is 0 Å². The molecule has 1 amide bonds. The first-order chi connectivity index (χ1) is 9.56. The zero-order valence-corrected chi connectivity index (χ0v) is 13.1. The van der Waals surface area contributed by atoms with E-state index in [0.29, 0.717) is 5.13 Å². The Morgan fingerprint density at radius 2 is 2.15 bits per heavy atom. The molecule has 1 atom stereocenters. The van der Waals surface area contributed by atoms with E-state index >= 15 is 0 Å². The molecule has 0 aromatic carbocycles. The van der Waals surface area contributed by atoms with Crippen LogP contribution in [0.3, 0.4) is 0 Å². The second-order valence-electron chi connectivity index (χ2n) is 5.74. The molecule has 2 heterocycles. The Hall–Kier alpha value is -0.980. The Balaban J connectivity index is 1.87. The minimum atomic E-state index is -0.482. The first-order valence-corrected chi connectivity index (χ1v) is 8.17. The number of carbonyl (C=O) groups excluding carboxylic acids is 1. The van der Waals surface area contributed by atoms with Gasteiger partial charge in [0.05, 0.1) is 11.7 Å². The van der Waals surface area contributed by atoms with E-state index in [4.69, 9.17) is 5.73 Å². The van der Waals surface area contributed by atoms with Crippen LogP contribution in [0.15, 0.2) is 5.38 Å². The summed E-state index contributed by atoms with van der Waals surface area (Å²) in [5.41, 5.74) is 6.85. The molecule has 3 N–H and O–H groups in total. The average molecular weight is 296 g/mol. The third kappa shape index (κ3) is 4.26. The number of aromatic nitrogens is 1. The molecule has 0 bridgehead atoms. The number of anilines is 1. The van der Waals surface area contributed by atoms with E-state index in [1.54, 1.807) is 0 Å². The molecule has 1 aromatic heterocycles. The molecule has 0 aliphatic carbocycles. The third-order valence-corrected chi connectivity index (χ3v) is 4.44. The highest BCUT2D eigenvalue weighted by Gasteiger charge is 2.19. The van der Waals surface area contributed by atoms with Crippen molar-refractivity contribution >= 4 is 22.4 Å². The summed E-state index contributed by atoms with van der Waals surface area (Å²) in [6.45, 7) is 7.05. The smallest absolute Gasteiger partial charge is 0.243 e. The van der Waals surface area contributed by atoms with Gasteiger partial charge in [-0.1, -0.05) is 20.3 Å². The van der Waals surface area contributed by atoms with E-state index in [1.165, 1.54) is 30.6 Å². The van der Waals surface area contributed by atoms with Crippen molar-refractivity contribution in [2.45, 2.75) is 45.7 Å². The lowest BCUT2D eigenvalue weighted by atomic mass is 10.1. The van der Waals surface area contributed by atoms with Gasteiger partial charge in [0.2, 0.25) is 5.91 Å². The number of thiazole rings is 1. The maximum Gasteiger partial charge on any atom is 0.243 e. The van der Waals surface area contributed by atoms with E-state index in [2.05, 4.69) is 15.2 Å². The fraction of sp³-hybridized carbons (Fsp3) is 0.714. The summed E-state index contributed by atoms with van der Waals surface area (Å²) in [5.74, 6) is -0.0262. The molecule has 0 radical (unpaired) electrons. The summed E-state index contributed by atoms with van der Waals surface area (Å²) in [7, 11) is 0. The number of nitrogens with zero attached hydrogens (tertiary/aromatic N) is 2. The van der Waals surface area contributed by atoms with Crippen molar-refractivity contribution in [3.63, 3.8) is 0 Å². The summed E-state index contributed by atoms with van der Waals surface area (Å²) in [4.78, 5) is 18.8. The molecular formula is C14H24N4OS. The fourth-order valence-electron chi connectivity index (χ4n) is 2.28. The van der Waals surface area contributed by atoms with Crippen molar-refractivity contribution in [2.75, 3.05) is 18.4 Å². The molecule has 112 valence electrons. The minimum Gasteiger partial charge on any atom is -0.320 e. The van der Waals surface area contributed by atoms with Crippen LogP contribution in [0.25, 0.3) is 0 Å². The van der Waals surface area contributed by atoms with Crippen molar-refractivity contribution < 1.29 is 4.79 Å². The lowest BCUT2D eigenvalue weighted by Gasteiger charge is -2.25. The van der Waals surface area contributed by atoms with Gasteiger partial charge in [0.15, 0.2) is 5.13 Å². The van der Waals surface area contributed by atoms with E-state index in [-0.39, 0.29) is 11.8 Å². The Morgan fingerprint density at radius 1 is 1.45 bits per heavy atom. The van der Waals surface area contributed by atoms with Gasteiger partial charge < -0.3 is 11.1 Å². The lowest BCUT2D eigenvalue weighted by molar-refractivity contribution is -0.118. The van der Waals surface area contributed by atoms with E-state index in [1.807, 2.05) is 19.2 Å². The van der Waals surface area contributed by atoms with Crippen LogP contribution in [0.5, 0.6) is 0 Å². The average Bonchev–Trinajstić information content (AvgIpc) is 2.86.